The molecule has 0 aliphatic heterocycles. The van der Waals surface area contributed by atoms with Crippen molar-refractivity contribution in [2.45, 2.75) is 31.2 Å². The molecule has 26 heavy (non-hydrogen) atoms. The first kappa shape index (κ1) is 16.5. The number of para-hydroxylation sites is 1. The highest BCUT2D eigenvalue weighted by Crippen LogP contribution is 2.35. The lowest BCUT2D eigenvalue weighted by molar-refractivity contribution is 0.462. The maximum Gasteiger partial charge on any atom is 0.226 e. The molecule has 0 saturated heterocycles. The summed E-state index contributed by atoms with van der Waals surface area (Å²) in [5.41, 5.74) is 1.07. The molecule has 1 aromatic heterocycles. The van der Waals surface area contributed by atoms with E-state index in [-0.39, 0.29) is 11.9 Å². The van der Waals surface area contributed by atoms with E-state index in [1.54, 1.807) is 24.4 Å². The van der Waals surface area contributed by atoms with E-state index < -0.39 is 0 Å². The molecule has 1 N–H and O–H groups in total. The van der Waals surface area contributed by atoms with E-state index in [2.05, 4.69) is 15.3 Å². The Balaban J connectivity index is 1.39. The Morgan fingerprint density at radius 1 is 1.00 bits per heavy atom. The van der Waals surface area contributed by atoms with Crippen molar-refractivity contribution in [2.75, 3.05) is 5.32 Å². The van der Waals surface area contributed by atoms with Gasteiger partial charge in [-0.2, -0.15) is 4.98 Å². The van der Waals surface area contributed by atoms with Crippen LogP contribution in [0.2, 0.25) is 0 Å². The van der Waals surface area contributed by atoms with Gasteiger partial charge < -0.3 is 10.1 Å². The maximum absolute atomic E-state index is 13.4. The van der Waals surface area contributed by atoms with Crippen molar-refractivity contribution in [3.8, 4) is 11.6 Å². The highest BCUT2D eigenvalue weighted by atomic mass is 19.1. The molecule has 1 fully saturated rings. The van der Waals surface area contributed by atoms with Crippen LogP contribution in [0.3, 0.4) is 0 Å². The number of anilines is 1. The third kappa shape index (κ3) is 3.99. The van der Waals surface area contributed by atoms with Crippen LogP contribution in [0.5, 0.6) is 11.6 Å². The largest absolute Gasteiger partial charge is 0.439 e. The number of nitrogens with zero attached hydrogens (tertiary/aromatic N) is 2. The number of nitrogens with one attached hydrogen (secondary N) is 1. The Morgan fingerprint density at radius 2 is 1.88 bits per heavy atom. The fraction of sp³-hybridized carbons (Fsp3) is 0.238. The monoisotopic (exact) mass is 349 g/mol. The fourth-order valence-corrected chi connectivity index (χ4v) is 3.44. The Morgan fingerprint density at radius 3 is 2.73 bits per heavy atom. The summed E-state index contributed by atoms with van der Waals surface area (Å²) in [4.78, 5) is 8.73. The first-order valence-electron chi connectivity index (χ1n) is 8.84. The molecule has 132 valence electrons. The Labute approximate surface area is 152 Å². The van der Waals surface area contributed by atoms with Gasteiger partial charge in [0.15, 0.2) is 0 Å². The average molecular weight is 349 g/mol. The predicted octanol–water partition coefficient (Wildman–Crippen LogP) is 5.16. The summed E-state index contributed by atoms with van der Waals surface area (Å²) in [6.07, 6.45) is 4.67. The highest BCUT2D eigenvalue weighted by molar-refractivity contribution is 5.33. The van der Waals surface area contributed by atoms with Crippen molar-refractivity contribution < 1.29 is 9.13 Å². The normalized spacial score (nSPS) is 19.3. The summed E-state index contributed by atoms with van der Waals surface area (Å²) in [6, 6.07) is 18.5. The molecular weight excluding hydrogens is 329 g/mol. The van der Waals surface area contributed by atoms with E-state index in [0.717, 1.165) is 30.6 Å². The number of ether oxygens (including phenoxy) is 1. The van der Waals surface area contributed by atoms with Crippen LogP contribution in [0, 0.1) is 5.82 Å². The first-order chi connectivity index (χ1) is 12.8. The van der Waals surface area contributed by atoms with Gasteiger partial charge in [0.2, 0.25) is 11.8 Å². The molecule has 0 bridgehead atoms. The minimum absolute atomic E-state index is 0.173. The average Bonchev–Trinajstić information content (AvgIpc) is 3.11. The van der Waals surface area contributed by atoms with Crippen LogP contribution in [-0.4, -0.2) is 16.0 Å². The standard InChI is InChI=1S/C21H20FN3O/c22-17-6-4-5-15(13-17)16-9-10-18(14-16)24-21-23-12-11-20(25-21)26-19-7-2-1-3-8-19/h1-8,11-13,16,18H,9-10,14H2,(H,23,24,25). The van der Waals surface area contributed by atoms with Gasteiger partial charge >= 0.3 is 0 Å². The van der Waals surface area contributed by atoms with Crippen LogP contribution < -0.4 is 10.1 Å². The second kappa shape index (κ2) is 7.52. The SMILES string of the molecule is Fc1cccc(C2CCC(Nc3nccc(Oc4ccccc4)n3)C2)c1. The van der Waals surface area contributed by atoms with Crippen LogP contribution in [0.1, 0.15) is 30.7 Å². The molecule has 1 heterocycles. The van der Waals surface area contributed by atoms with Crippen molar-refractivity contribution in [1.29, 1.82) is 0 Å². The molecule has 2 unspecified atom stereocenters. The summed E-state index contributed by atoms with van der Waals surface area (Å²) in [5.74, 6) is 2.00. The van der Waals surface area contributed by atoms with E-state index in [1.807, 2.05) is 36.4 Å². The molecule has 1 aliphatic carbocycles. The van der Waals surface area contributed by atoms with Gasteiger partial charge in [0.05, 0.1) is 0 Å². The van der Waals surface area contributed by atoms with E-state index in [1.165, 1.54) is 6.07 Å². The van der Waals surface area contributed by atoms with Gasteiger partial charge in [0.1, 0.15) is 11.6 Å². The number of hydrogen-bond acceptors (Lipinski definition) is 4. The van der Waals surface area contributed by atoms with Gasteiger partial charge in [0, 0.05) is 18.3 Å². The van der Waals surface area contributed by atoms with Crippen molar-refractivity contribution >= 4 is 5.95 Å². The molecule has 0 amide bonds. The topological polar surface area (TPSA) is 47.0 Å². The Kier molecular flexibility index (Phi) is 4.78. The third-order valence-corrected chi connectivity index (χ3v) is 4.68. The third-order valence-electron chi connectivity index (χ3n) is 4.68. The van der Waals surface area contributed by atoms with E-state index in [9.17, 15) is 4.39 Å². The van der Waals surface area contributed by atoms with Gasteiger partial charge in [-0.3, -0.25) is 0 Å². The van der Waals surface area contributed by atoms with Crippen LogP contribution in [-0.2, 0) is 0 Å². The van der Waals surface area contributed by atoms with E-state index in [0.29, 0.717) is 17.7 Å². The molecule has 4 rings (SSSR count). The molecule has 4 nitrogen and oxygen atoms in total. The minimum atomic E-state index is -0.173. The van der Waals surface area contributed by atoms with Crippen LogP contribution >= 0.6 is 0 Å². The maximum atomic E-state index is 13.4. The van der Waals surface area contributed by atoms with Gasteiger partial charge in [-0.15, -0.1) is 0 Å². The fourth-order valence-electron chi connectivity index (χ4n) is 3.44. The number of benzene rings is 2. The zero-order valence-corrected chi connectivity index (χ0v) is 14.3. The molecule has 1 saturated carbocycles. The second-order valence-corrected chi connectivity index (χ2v) is 6.54. The van der Waals surface area contributed by atoms with Gasteiger partial charge in [-0.1, -0.05) is 30.3 Å². The van der Waals surface area contributed by atoms with Crippen molar-refractivity contribution in [3.63, 3.8) is 0 Å². The Bertz CT molecular complexity index is 872. The summed E-state index contributed by atoms with van der Waals surface area (Å²) < 4.78 is 19.2. The van der Waals surface area contributed by atoms with Crippen LogP contribution in [0.4, 0.5) is 10.3 Å². The Hall–Kier alpha value is -2.95. The van der Waals surface area contributed by atoms with Crippen molar-refractivity contribution in [2.24, 2.45) is 0 Å². The summed E-state index contributed by atoms with van der Waals surface area (Å²) in [7, 11) is 0. The molecular formula is C21H20FN3O. The lowest BCUT2D eigenvalue weighted by Gasteiger charge is -2.14. The van der Waals surface area contributed by atoms with Crippen molar-refractivity contribution in [1.82, 2.24) is 9.97 Å². The van der Waals surface area contributed by atoms with E-state index in [4.69, 9.17) is 4.74 Å². The molecule has 3 aromatic rings. The summed E-state index contributed by atoms with van der Waals surface area (Å²) in [5, 5.41) is 3.39. The molecule has 0 spiro atoms. The van der Waals surface area contributed by atoms with Gasteiger partial charge in [-0.05, 0) is 55.0 Å². The zero-order chi connectivity index (χ0) is 17.8. The zero-order valence-electron chi connectivity index (χ0n) is 14.3. The number of hydrogen-bond donors (Lipinski definition) is 1. The highest BCUT2D eigenvalue weighted by Gasteiger charge is 2.26. The predicted molar refractivity (Wildman–Crippen MR) is 99.0 cm³/mol. The van der Waals surface area contributed by atoms with Gasteiger partial charge in [-0.25, -0.2) is 9.37 Å². The lowest BCUT2D eigenvalue weighted by Crippen LogP contribution is -2.17. The molecule has 2 aromatic carbocycles. The number of rotatable bonds is 5. The van der Waals surface area contributed by atoms with Gasteiger partial charge in [0.25, 0.3) is 0 Å². The van der Waals surface area contributed by atoms with Crippen LogP contribution in [0.25, 0.3) is 0 Å². The summed E-state index contributed by atoms with van der Waals surface area (Å²) in [6.45, 7) is 0. The smallest absolute Gasteiger partial charge is 0.226 e. The molecule has 5 heteroatoms. The number of halogens is 1. The second-order valence-electron chi connectivity index (χ2n) is 6.54. The van der Waals surface area contributed by atoms with Crippen LogP contribution in [0.15, 0.2) is 66.9 Å². The van der Waals surface area contributed by atoms with E-state index >= 15 is 0 Å². The lowest BCUT2D eigenvalue weighted by atomic mass is 9.97. The number of aromatic nitrogens is 2. The van der Waals surface area contributed by atoms with Crippen molar-refractivity contribution in [3.05, 3.63) is 78.2 Å². The molecule has 2 atom stereocenters. The molecule has 1 aliphatic rings. The summed E-state index contributed by atoms with van der Waals surface area (Å²) >= 11 is 0. The molecule has 0 radical (unpaired) electrons. The first-order valence-corrected chi connectivity index (χ1v) is 8.84. The quantitative estimate of drug-likeness (QED) is 0.691. The minimum Gasteiger partial charge on any atom is -0.439 e.